The fourth-order valence-electron chi connectivity index (χ4n) is 0.778. The zero-order valence-electron chi connectivity index (χ0n) is 18.7. The summed E-state index contributed by atoms with van der Waals surface area (Å²) >= 11 is 0. The molecule has 13 nitrogen and oxygen atoms in total. The predicted octanol–water partition coefficient (Wildman–Crippen LogP) is -0.227. The predicted molar refractivity (Wildman–Crippen MR) is 127 cm³/mol. The second-order valence-corrected chi connectivity index (χ2v) is 4.44. The maximum Gasteiger partial charge on any atom is 0.408 e. The fourth-order valence-corrected chi connectivity index (χ4v) is 0.778. The standard InChI is InChI=1S/C8H16N2O4.C4H10N2O2.C2H8N2.C2H7N.2CH4/c1-9-3-4-13-5-6-14-7-10-8(11)12-2;1-5-3-6-4(7)8-2;1-4-2-3;1-3-2;;/h3-4,9H,5-7H2,1-2H3,(H,10,11);5H,3H2,1-2H3,(H,6,7);4H,2-3H2,1H3;3H,1-2H3;2*1H4/b4-3+;;;;;. The van der Waals surface area contributed by atoms with Crippen molar-refractivity contribution in [2.45, 2.75) is 14.9 Å². The molecule has 0 spiro atoms. The highest BCUT2D eigenvalue weighted by Crippen LogP contribution is 1.78. The molecule has 8 N–H and O–H groups in total. The van der Waals surface area contributed by atoms with Crippen LogP contribution in [0.15, 0.2) is 12.5 Å². The first kappa shape index (κ1) is 42.7. The van der Waals surface area contributed by atoms with E-state index in [1.807, 2.05) is 14.1 Å². The number of carbonyl (C=O) groups excluding carboxylic acids is 2. The Morgan fingerprint density at radius 2 is 1.35 bits per heavy atom. The quantitative estimate of drug-likeness (QED) is 0.131. The molecule has 0 radical (unpaired) electrons. The summed E-state index contributed by atoms with van der Waals surface area (Å²) in [4.78, 5) is 20.7. The summed E-state index contributed by atoms with van der Waals surface area (Å²) in [5.41, 5.74) is 4.92. The molecule has 0 aliphatic carbocycles. The molecular weight excluding hydrogens is 410 g/mol. The van der Waals surface area contributed by atoms with Crippen molar-refractivity contribution in [2.24, 2.45) is 5.73 Å². The number of rotatable bonds is 10. The zero-order chi connectivity index (χ0) is 23.2. The van der Waals surface area contributed by atoms with Gasteiger partial charge in [0.2, 0.25) is 0 Å². The fraction of sp³-hybridized carbons (Fsp3) is 0.778. The van der Waals surface area contributed by atoms with Gasteiger partial charge in [-0.05, 0) is 28.2 Å². The summed E-state index contributed by atoms with van der Waals surface area (Å²) in [5.74, 6) is 0. The molecule has 0 heterocycles. The van der Waals surface area contributed by atoms with Gasteiger partial charge in [0.25, 0.3) is 0 Å². The van der Waals surface area contributed by atoms with E-state index in [0.717, 1.165) is 0 Å². The van der Waals surface area contributed by atoms with Crippen molar-refractivity contribution in [3.8, 4) is 0 Å². The van der Waals surface area contributed by atoms with E-state index in [-0.39, 0.29) is 21.6 Å². The maximum atomic E-state index is 10.5. The minimum atomic E-state index is -0.513. The first-order valence-corrected chi connectivity index (χ1v) is 8.68. The van der Waals surface area contributed by atoms with E-state index in [1.165, 1.54) is 20.5 Å². The Labute approximate surface area is 189 Å². The lowest BCUT2D eigenvalue weighted by Gasteiger charge is -2.04. The highest BCUT2D eigenvalue weighted by molar-refractivity contribution is 5.66. The summed E-state index contributed by atoms with van der Waals surface area (Å²) in [7, 11) is 11.7. The Balaban J connectivity index is -0.0000000782. The molecule has 0 unspecified atom stereocenters. The summed E-state index contributed by atoms with van der Waals surface area (Å²) in [6.07, 6.45) is 2.25. The largest absolute Gasteiger partial charge is 0.497 e. The Bertz CT molecular complexity index is 349. The third kappa shape index (κ3) is 65.6. The molecule has 0 aromatic carbocycles. The molecule has 192 valence electrons. The first-order chi connectivity index (χ1) is 13.9. The average molecular weight is 460 g/mol. The smallest absolute Gasteiger partial charge is 0.408 e. The second kappa shape index (κ2) is 46.1. The number of carbonyl (C=O) groups is 2. The van der Waals surface area contributed by atoms with E-state index < -0.39 is 12.2 Å². The Morgan fingerprint density at radius 1 is 0.871 bits per heavy atom. The highest BCUT2D eigenvalue weighted by Gasteiger charge is 1.95. The monoisotopic (exact) mass is 459 g/mol. The molecule has 0 rings (SSSR count). The topological polar surface area (TPSA) is 169 Å². The normalized spacial score (nSPS) is 8.13. The molecule has 0 fully saturated rings. The molecule has 0 aromatic heterocycles. The third-order valence-electron chi connectivity index (χ3n) is 1.98. The lowest BCUT2D eigenvalue weighted by molar-refractivity contribution is 0.0697. The second-order valence-electron chi connectivity index (χ2n) is 4.44. The van der Waals surface area contributed by atoms with Gasteiger partial charge >= 0.3 is 12.2 Å². The summed E-state index contributed by atoms with van der Waals surface area (Å²) in [6, 6.07) is 0. The van der Waals surface area contributed by atoms with Gasteiger partial charge in [-0.3, -0.25) is 5.32 Å². The van der Waals surface area contributed by atoms with Gasteiger partial charge in [0, 0.05) is 19.9 Å². The Morgan fingerprint density at radius 3 is 1.74 bits per heavy atom. The molecule has 0 aliphatic rings. The van der Waals surface area contributed by atoms with Crippen molar-refractivity contribution < 1.29 is 28.5 Å². The summed E-state index contributed by atoms with van der Waals surface area (Å²) in [6.45, 7) is 1.96. The van der Waals surface area contributed by atoms with Gasteiger partial charge in [0.1, 0.15) is 13.3 Å². The summed E-state index contributed by atoms with van der Waals surface area (Å²) < 4.78 is 18.6. The molecular formula is C18H49N7O6. The van der Waals surface area contributed by atoms with Gasteiger partial charge < -0.3 is 51.3 Å². The van der Waals surface area contributed by atoms with Crippen molar-refractivity contribution in [1.29, 1.82) is 0 Å². The van der Waals surface area contributed by atoms with Gasteiger partial charge in [-0.2, -0.15) is 0 Å². The number of methoxy groups -OCH3 is 2. The minimum Gasteiger partial charge on any atom is -0.497 e. The molecule has 0 atom stereocenters. The van der Waals surface area contributed by atoms with Gasteiger partial charge in [-0.1, -0.05) is 14.9 Å². The van der Waals surface area contributed by atoms with E-state index in [4.69, 9.17) is 15.2 Å². The molecule has 0 saturated carbocycles. The van der Waals surface area contributed by atoms with Crippen molar-refractivity contribution >= 4 is 12.2 Å². The lowest BCUT2D eigenvalue weighted by Crippen LogP contribution is -2.31. The number of amides is 2. The van der Waals surface area contributed by atoms with Crippen LogP contribution >= 0.6 is 0 Å². The molecule has 0 saturated heterocycles. The highest BCUT2D eigenvalue weighted by atomic mass is 16.6. The third-order valence-corrected chi connectivity index (χ3v) is 1.98. The van der Waals surface area contributed by atoms with Crippen LogP contribution in [0.5, 0.6) is 0 Å². The van der Waals surface area contributed by atoms with E-state index >= 15 is 0 Å². The Hall–Kier alpha value is -2.32. The van der Waals surface area contributed by atoms with E-state index in [1.54, 1.807) is 27.3 Å². The van der Waals surface area contributed by atoms with Crippen LogP contribution in [-0.4, -0.2) is 94.9 Å². The molecule has 31 heavy (non-hydrogen) atoms. The molecule has 2 amide bonds. The van der Waals surface area contributed by atoms with E-state index in [0.29, 0.717) is 26.6 Å². The lowest BCUT2D eigenvalue weighted by atomic mass is 10.8. The zero-order valence-corrected chi connectivity index (χ0v) is 18.7. The van der Waals surface area contributed by atoms with E-state index in [9.17, 15) is 9.59 Å². The van der Waals surface area contributed by atoms with Crippen LogP contribution in [0.3, 0.4) is 0 Å². The molecule has 0 bridgehead atoms. The van der Waals surface area contributed by atoms with Crippen LogP contribution in [0, 0.1) is 0 Å². The van der Waals surface area contributed by atoms with Crippen molar-refractivity contribution in [1.82, 2.24) is 31.9 Å². The number of nitrogens with one attached hydrogen (secondary N) is 6. The molecule has 0 aromatic rings. The molecule has 13 heteroatoms. The number of ether oxygens (including phenoxy) is 4. The van der Waals surface area contributed by atoms with Crippen LogP contribution < -0.4 is 37.6 Å². The van der Waals surface area contributed by atoms with Crippen molar-refractivity contribution in [2.75, 3.05) is 82.7 Å². The number of alkyl carbamates (subject to hydrolysis) is 2. The number of hydrogen-bond donors (Lipinski definition) is 7. The maximum absolute atomic E-state index is 10.5. The van der Waals surface area contributed by atoms with Crippen LogP contribution in [0.1, 0.15) is 14.9 Å². The van der Waals surface area contributed by atoms with E-state index in [2.05, 4.69) is 41.4 Å². The van der Waals surface area contributed by atoms with Crippen molar-refractivity contribution in [3.63, 3.8) is 0 Å². The van der Waals surface area contributed by atoms with Gasteiger partial charge in [0.05, 0.1) is 33.8 Å². The minimum absolute atomic E-state index is 0. The summed E-state index contributed by atoms with van der Waals surface area (Å²) in [5, 5.41) is 15.7. The number of hydrogen-bond acceptors (Lipinski definition) is 11. The molecule has 0 aliphatic heterocycles. The SMILES string of the molecule is C.C.CN/C=C/OCCOCNC(=O)OC.CNC.CNCN.CNCNC(=O)OC. The van der Waals surface area contributed by atoms with Crippen LogP contribution in [0.4, 0.5) is 9.59 Å². The van der Waals surface area contributed by atoms with Gasteiger partial charge in [-0.25, -0.2) is 9.59 Å². The average Bonchev–Trinajstić information content (AvgIpc) is 2.74. The van der Waals surface area contributed by atoms with Crippen LogP contribution in [-0.2, 0) is 18.9 Å². The van der Waals surface area contributed by atoms with Gasteiger partial charge in [0.15, 0.2) is 0 Å². The number of nitrogens with two attached hydrogens (primary N) is 1. The van der Waals surface area contributed by atoms with Crippen molar-refractivity contribution in [3.05, 3.63) is 12.5 Å². The Kier molecular flexibility index (Phi) is 63.5. The van der Waals surface area contributed by atoms with Crippen LogP contribution in [0.25, 0.3) is 0 Å². The first-order valence-electron chi connectivity index (χ1n) is 8.68. The van der Waals surface area contributed by atoms with Gasteiger partial charge in [-0.15, -0.1) is 0 Å². The van der Waals surface area contributed by atoms with Crippen LogP contribution in [0.2, 0.25) is 0 Å².